The van der Waals surface area contributed by atoms with Gasteiger partial charge in [-0.05, 0) is 30.7 Å². The Morgan fingerprint density at radius 3 is 2.67 bits per heavy atom. The molecule has 0 radical (unpaired) electrons. The van der Waals surface area contributed by atoms with Crippen LogP contribution in [-0.4, -0.2) is 31.5 Å². The number of amides is 2. The van der Waals surface area contributed by atoms with Crippen molar-refractivity contribution in [3.8, 4) is 17.6 Å². The Kier molecular flexibility index (Phi) is 6.11. The van der Waals surface area contributed by atoms with Gasteiger partial charge >= 0.3 is 0 Å². The van der Waals surface area contributed by atoms with Crippen molar-refractivity contribution in [3.63, 3.8) is 0 Å². The van der Waals surface area contributed by atoms with E-state index in [0.717, 1.165) is 17.0 Å². The van der Waals surface area contributed by atoms with Crippen molar-refractivity contribution >= 4 is 17.5 Å². The number of para-hydroxylation sites is 2. The number of hydrogen-bond donors (Lipinski definition) is 1. The Balaban J connectivity index is 1.43. The molecule has 1 unspecified atom stereocenters. The molecule has 138 valence electrons. The number of nitrogens with one attached hydrogen (secondary N) is 1. The van der Waals surface area contributed by atoms with Gasteiger partial charge in [-0.25, -0.2) is 0 Å². The molecular formula is C22H22N2O3. The Morgan fingerprint density at radius 1 is 1.15 bits per heavy atom. The highest BCUT2D eigenvalue weighted by Gasteiger charge is 2.34. The molecule has 1 atom stereocenters. The smallest absolute Gasteiger partial charge is 0.227 e. The first-order valence-electron chi connectivity index (χ1n) is 8.92. The van der Waals surface area contributed by atoms with E-state index in [1.165, 1.54) is 0 Å². The highest BCUT2D eigenvalue weighted by molar-refractivity contribution is 6.00. The third-order valence-corrected chi connectivity index (χ3v) is 4.43. The number of hydrogen-bond acceptors (Lipinski definition) is 3. The largest absolute Gasteiger partial charge is 0.481 e. The van der Waals surface area contributed by atoms with Gasteiger partial charge in [0, 0.05) is 18.7 Å². The molecular weight excluding hydrogens is 340 g/mol. The van der Waals surface area contributed by atoms with Crippen LogP contribution in [0, 0.1) is 24.7 Å². The summed E-state index contributed by atoms with van der Waals surface area (Å²) in [5.41, 5.74) is 1.88. The molecule has 1 heterocycles. The van der Waals surface area contributed by atoms with Crippen molar-refractivity contribution in [1.82, 2.24) is 5.32 Å². The molecule has 1 saturated heterocycles. The first kappa shape index (κ1) is 18.5. The summed E-state index contributed by atoms with van der Waals surface area (Å²) in [6.07, 6.45) is 0.227. The van der Waals surface area contributed by atoms with Gasteiger partial charge < -0.3 is 15.0 Å². The summed E-state index contributed by atoms with van der Waals surface area (Å²) < 4.78 is 5.58. The van der Waals surface area contributed by atoms with Crippen LogP contribution in [0.25, 0.3) is 0 Å². The van der Waals surface area contributed by atoms with E-state index < -0.39 is 0 Å². The predicted octanol–water partition coefficient (Wildman–Crippen LogP) is 2.55. The van der Waals surface area contributed by atoms with Gasteiger partial charge in [0.05, 0.1) is 12.5 Å². The van der Waals surface area contributed by atoms with Crippen molar-refractivity contribution in [2.45, 2.75) is 13.3 Å². The quantitative estimate of drug-likeness (QED) is 0.832. The van der Waals surface area contributed by atoms with Crippen LogP contribution in [0.4, 0.5) is 5.69 Å². The molecule has 2 aromatic carbocycles. The average Bonchev–Trinajstić information content (AvgIpc) is 3.08. The first-order chi connectivity index (χ1) is 13.1. The highest BCUT2D eigenvalue weighted by atomic mass is 16.5. The first-order valence-corrected chi connectivity index (χ1v) is 8.92. The van der Waals surface area contributed by atoms with E-state index in [1.54, 1.807) is 4.90 Å². The zero-order valence-corrected chi connectivity index (χ0v) is 15.3. The molecule has 27 heavy (non-hydrogen) atoms. The minimum Gasteiger partial charge on any atom is -0.481 e. The topological polar surface area (TPSA) is 58.6 Å². The van der Waals surface area contributed by atoms with Crippen molar-refractivity contribution in [1.29, 1.82) is 0 Å². The van der Waals surface area contributed by atoms with Crippen LogP contribution in [-0.2, 0) is 9.59 Å². The Bertz CT molecular complexity index is 868. The van der Waals surface area contributed by atoms with E-state index in [4.69, 9.17) is 4.74 Å². The lowest BCUT2D eigenvalue weighted by Gasteiger charge is -2.16. The molecule has 1 aliphatic heterocycles. The summed E-state index contributed by atoms with van der Waals surface area (Å²) in [7, 11) is 0. The molecule has 0 saturated carbocycles. The lowest BCUT2D eigenvalue weighted by atomic mass is 10.1. The molecule has 0 bridgehead atoms. The second-order valence-corrected chi connectivity index (χ2v) is 6.37. The summed E-state index contributed by atoms with van der Waals surface area (Å²) >= 11 is 0. The van der Waals surface area contributed by atoms with Gasteiger partial charge in [0.25, 0.3) is 0 Å². The minimum atomic E-state index is -0.345. The molecule has 2 aromatic rings. The monoisotopic (exact) mass is 362 g/mol. The van der Waals surface area contributed by atoms with Crippen molar-refractivity contribution in [2.75, 3.05) is 24.6 Å². The van der Waals surface area contributed by atoms with E-state index in [1.807, 2.05) is 61.5 Å². The minimum absolute atomic E-state index is 0.0286. The summed E-state index contributed by atoms with van der Waals surface area (Å²) in [6, 6.07) is 17.1. The van der Waals surface area contributed by atoms with Crippen LogP contribution in [0.15, 0.2) is 54.6 Å². The molecule has 2 amide bonds. The van der Waals surface area contributed by atoms with E-state index in [0.29, 0.717) is 6.54 Å². The maximum absolute atomic E-state index is 12.3. The van der Waals surface area contributed by atoms with Crippen molar-refractivity contribution < 1.29 is 14.3 Å². The lowest BCUT2D eigenvalue weighted by molar-refractivity contribution is -0.126. The molecule has 1 aliphatic rings. The molecule has 0 aromatic heterocycles. The number of benzene rings is 2. The third-order valence-electron chi connectivity index (χ3n) is 4.43. The maximum atomic E-state index is 12.3. The van der Waals surface area contributed by atoms with Gasteiger partial charge in [0.2, 0.25) is 11.8 Å². The highest BCUT2D eigenvalue weighted by Crippen LogP contribution is 2.24. The van der Waals surface area contributed by atoms with Crippen LogP contribution in [0.5, 0.6) is 5.75 Å². The van der Waals surface area contributed by atoms with Crippen LogP contribution in [0.2, 0.25) is 0 Å². The molecule has 5 heteroatoms. The molecule has 1 fully saturated rings. The fraction of sp³-hybridized carbons (Fsp3) is 0.273. The number of aryl methyl sites for hydroxylation is 1. The second kappa shape index (κ2) is 8.91. The fourth-order valence-electron chi connectivity index (χ4n) is 2.96. The molecule has 1 N–H and O–H groups in total. The van der Waals surface area contributed by atoms with Crippen molar-refractivity contribution in [2.24, 2.45) is 5.92 Å². The summed E-state index contributed by atoms with van der Waals surface area (Å²) in [6.45, 7) is 2.89. The number of ether oxygens (including phenoxy) is 1. The predicted molar refractivity (Wildman–Crippen MR) is 104 cm³/mol. The van der Waals surface area contributed by atoms with E-state index >= 15 is 0 Å². The zero-order chi connectivity index (χ0) is 19.1. The molecule has 0 aliphatic carbocycles. The maximum Gasteiger partial charge on any atom is 0.227 e. The number of nitrogens with zero attached hydrogens (tertiary/aromatic N) is 1. The summed E-state index contributed by atoms with van der Waals surface area (Å²) in [5.74, 6) is 6.05. The second-order valence-electron chi connectivity index (χ2n) is 6.37. The fourth-order valence-corrected chi connectivity index (χ4v) is 2.96. The normalized spacial score (nSPS) is 15.8. The summed E-state index contributed by atoms with van der Waals surface area (Å²) in [4.78, 5) is 26.1. The Hall–Kier alpha value is -3.26. The third kappa shape index (κ3) is 4.89. The van der Waals surface area contributed by atoms with Gasteiger partial charge in [0.1, 0.15) is 12.4 Å². The number of rotatable bonds is 5. The molecule has 5 nitrogen and oxygen atoms in total. The van der Waals surface area contributed by atoms with E-state index in [2.05, 4.69) is 17.2 Å². The average molecular weight is 362 g/mol. The van der Waals surface area contributed by atoms with Crippen LogP contribution in [0.3, 0.4) is 0 Å². The Morgan fingerprint density at radius 2 is 1.89 bits per heavy atom. The number of anilines is 1. The van der Waals surface area contributed by atoms with Gasteiger partial charge in [-0.15, -0.1) is 0 Å². The van der Waals surface area contributed by atoms with Gasteiger partial charge in [-0.2, -0.15) is 0 Å². The molecule has 3 rings (SSSR count). The molecule has 0 spiro atoms. The zero-order valence-electron chi connectivity index (χ0n) is 15.3. The Labute approximate surface area is 159 Å². The van der Waals surface area contributed by atoms with Gasteiger partial charge in [0.15, 0.2) is 0 Å². The number of carbonyl (C=O) groups is 2. The SMILES string of the molecule is Cc1ccccc1OCC#CCNC(=O)C1CC(=O)N(c2ccccc2)C1. The van der Waals surface area contributed by atoms with Gasteiger partial charge in [-0.3, -0.25) is 9.59 Å². The summed E-state index contributed by atoms with van der Waals surface area (Å²) in [5, 5.41) is 2.78. The van der Waals surface area contributed by atoms with Crippen LogP contribution < -0.4 is 15.0 Å². The van der Waals surface area contributed by atoms with Crippen LogP contribution in [0.1, 0.15) is 12.0 Å². The van der Waals surface area contributed by atoms with Crippen LogP contribution >= 0.6 is 0 Å². The van der Waals surface area contributed by atoms with E-state index in [9.17, 15) is 9.59 Å². The van der Waals surface area contributed by atoms with Crippen molar-refractivity contribution in [3.05, 3.63) is 60.2 Å². The van der Waals surface area contributed by atoms with E-state index in [-0.39, 0.29) is 37.3 Å². The lowest BCUT2D eigenvalue weighted by Crippen LogP contribution is -2.33. The number of carbonyl (C=O) groups excluding carboxylic acids is 2. The van der Waals surface area contributed by atoms with Gasteiger partial charge in [-0.1, -0.05) is 48.2 Å². The standard InChI is InChI=1S/C22H22N2O3/c1-17-9-5-6-12-20(17)27-14-8-7-13-23-22(26)18-15-21(25)24(16-18)19-10-3-2-4-11-19/h2-6,9-12,18H,13-16H2,1H3,(H,23,26).